The molecule has 5 nitrogen and oxygen atoms in total. The van der Waals surface area contributed by atoms with Gasteiger partial charge in [0, 0.05) is 5.69 Å². The Morgan fingerprint density at radius 3 is 2.44 bits per heavy atom. The van der Waals surface area contributed by atoms with Gasteiger partial charge in [0.05, 0.1) is 5.92 Å². The topological polar surface area (TPSA) is 64.6 Å². The number of esters is 1. The Kier molecular flexibility index (Phi) is 6.06. The predicted octanol–water partition coefficient (Wildman–Crippen LogP) is 3.81. The maximum Gasteiger partial charge on any atom is 0.573 e. The Morgan fingerprint density at radius 1 is 1.20 bits per heavy atom. The summed E-state index contributed by atoms with van der Waals surface area (Å²) < 4.78 is 45.2. The molecule has 136 valence electrons. The van der Waals surface area contributed by atoms with E-state index in [1.54, 1.807) is 0 Å². The summed E-state index contributed by atoms with van der Waals surface area (Å²) in [4.78, 5) is 24.0. The summed E-state index contributed by atoms with van der Waals surface area (Å²) in [6.07, 6.45) is 0.188. The van der Waals surface area contributed by atoms with Crippen LogP contribution in [0.4, 0.5) is 18.9 Å². The Morgan fingerprint density at radius 2 is 1.88 bits per heavy atom. The fraction of sp³-hybridized carbons (Fsp3) is 0.412. The van der Waals surface area contributed by atoms with E-state index in [1.165, 1.54) is 19.1 Å². The van der Waals surface area contributed by atoms with Crippen molar-refractivity contribution < 1.29 is 32.2 Å². The molecule has 0 heterocycles. The summed E-state index contributed by atoms with van der Waals surface area (Å²) in [7, 11) is 0. The second-order valence-corrected chi connectivity index (χ2v) is 5.62. The fourth-order valence-electron chi connectivity index (χ4n) is 2.32. The number of allylic oxidation sites excluding steroid dienone is 2. The lowest BCUT2D eigenvalue weighted by molar-refractivity contribution is -0.274. The number of anilines is 1. The minimum Gasteiger partial charge on any atom is -0.452 e. The van der Waals surface area contributed by atoms with Crippen molar-refractivity contribution in [3.63, 3.8) is 0 Å². The predicted molar refractivity (Wildman–Crippen MR) is 83.8 cm³/mol. The number of carbonyl (C=O) groups excluding carboxylic acids is 2. The maximum atomic E-state index is 12.1. The lowest BCUT2D eigenvalue weighted by atomic mass is 9.95. The first kappa shape index (κ1) is 18.8. The van der Waals surface area contributed by atoms with Crippen molar-refractivity contribution in [2.75, 3.05) is 5.32 Å². The van der Waals surface area contributed by atoms with E-state index < -0.39 is 30.1 Å². The van der Waals surface area contributed by atoms with Gasteiger partial charge in [-0.1, -0.05) is 12.2 Å². The third kappa shape index (κ3) is 6.13. The van der Waals surface area contributed by atoms with Crippen molar-refractivity contribution in [2.24, 2.45) is 5.92 Å². The molecule has 1 aromatic carbocycles. The van der Waals surface area contributed by atoms with E-state index in [1.807, 2.05) is 12.2 Å². The quantitative estimate of drug-likeness (QED) is 0.643. The Labute approximate surface area is 142 Å². The first-order valence-electron chi connectivity index (χ1n) is 7.77. The molecule has 0 radical (unpaired) electrons. The van der Waals surface area contributed by atoms with Crippen LogP contribution in [0.15, 0.2) is 36.4 Å². The van der Waals surface area contributed by atoms with Gasteiger partial charge < -0.3 is 14.8 Å². The fourth-order valence-corrected chi connectivity index (χ4v) is 2.32. The Hall–Kier alpha value is -2.51. The van der Waals surface area contributed by atoms with Gasteiger partial charge in [0.25, 0.3) is 5.91 Å². The van der Waals surface area contributed by atoms with Crippen molar-refractivity contribution in [3.05, 3.63) is 36.4 Å². The van der Waals surface area contributed by atoms with Crippen molar-refractivity contribution in [1.29, 1.82) is 0 Å². The van der Waals surface area contributed by atoms with Gasteiger partial charge in [-0.15, -0.1) is 13.2 Å². The highest BCUT2D eigenvalue weighted by molar-refractivity contribution is 5.95. The third-order valence-corrected chi connectivity index (χ3v) is 3.62. The van der Waals surface area contributed by atoms with Crippen LogP contribution in [0.5, 0.6) is 5.75 Å². The number of amides is 1. The second kappa shape index (κ2) is 8.04. The van der Waals surface area contributed by atoms with Crippen LogP contribution in [0.1, 0.15) is 26.2 Å². The number of carbonyl (C=O) groups is 2. The molecule has 0 aliphatic heterocycles. The van der Waals surface area contributed by atoms with Crippen LogP contribution in [0.3, 0.4) is 0 Å². The first-order chi connectivity index (χ1) is 11.7. The van der Waals surface area contributed by atoms with Gasteiger partial charge in [-0.2, -0.15) is 0 Å². The first-order valence-corrected chi connectivity index (χ1v) is 7.77. The standard InChI is InChI=1S/C17H18F3NO4/c1-11(24-16(23)12-5-3-2-4-6-12)15(22)21-13-7-9-14(10-8-13)25-17(18,19)20/h2-3,7-12H,4-6H2,1H3,(H,21,22)/t11-,12-/m1/s1. The summed E-state index contributed by atoms with van der Waals surface area (Å²) in [5.74, 6) is -1.64. The molecule has 1 aliphatic carbocycles. The molecule has 8 heteroatoms. The number of benzene rings is 1. The van der Waals surface area contributed by atoms with Crippen molar-refractivity contribution in [2.45, 2.75) is 38.7 Å². The average molecular weight is 357 g/mol. The summed E-state index contributed by atoms with van der Waals surface area (Å²) in [6, 6.07) is 4.68. The van der Waals surface area contributed by atoms with Crippen molar-refractivity contribution in [3.8, 4) is 5.75 Å². The zero-order valence-corrected chi connectivity index (χ0v) is 13.5. The summed E-state index contributed by atoms with van der Waals surface area (Å²) in [6.45, 7) is 1.44. The van der Waals surface area contributed by atoms with Crippen LogP contribution in [0.25, 0.3) is 0 Å². The van der Waals surface area contributed by atoms with Gasteiger partial charge in [-0.05, 0) is 50.5 Å². The molecule has 1 N–H and O–H groups in total. The smallest absolute Gasteiger partial charge is 0.452 e. The van der Waals surface area contributed by atoms with Crippen molar-refractivity contribution >= 4 is 17.6 Å². The number of nitrogens with one attached hydrogen (secondary N) is 1. The average Bonchev–Trinajstić information content (AvgIpc) is 2.56. The maximum absolute atomic E-state index is 12.1. The molecular weight excluding hydrogens is 339 g/mol. The molecule has 25 heavy (non-hydrogen) atoms. The molecule has 1 amide bonds. The van der Waals surface area contributed by atoms with Crippen LogP contribution >= 0.6 is 0 Å². The van der Waals surface area contributed by atoms with Crippen LogP contribution in [0.2, 0.25) is 0 Å². The van der Waals surface area contributed by atoms with Crippen LogP contribution in [0, 0.1) is 5.92 Å². The molecule has 0 fully saturated rings. The highest BCUT2D eigenvalue weighted by atomic mass is 19.4. The largest absolute Gasteiger partial charge is 0.573 e. The van der Waals surface area contributed by atoms with Gasteiger partial charge in [-0.3, -0.25) is 9.59 Å². The van der Waals surface area contributed by atoms with E-state index in [9.17, 15) is 22.8 Å². The van der Waals surface area contributed by atoms with E-state index >= 15 is 0 Å². The summed E-state index contributed by atoms with van der Waals surface area (Å²) >= 11 is 0. The SMILES string of the molecule is C[C@@H](OC(=O)[C@@H]1CC=CCC1)C(=O)Nc1ccc(OC(F)(F)F)cc1. The molecule has 0 saturated heterocycles. The van der Waals surface area contributed by atoms with Crippen LogP contribution in [-0.2, 0) is 14.3 Å². The minimum absolute atomic E-state index is 0.251. The molecule has 2 rings (SSSR count). The van der Waals surface area contributed by atoms with Gasteiger partial charge >= 0.3 is 12.3 Å². The number of hydrogen-bond donors (Lipinski definition) is 1. The zero-order chi connectivity index (χ0) is 18.4. The van der Waals surface area contributed by atoms with Crippen LogP contribution in [-0.4, -0.2) is 24.3 Å². The van der Waals surface area contributed by atoms with E-state index in [0.29, 0.717) is 12.8 Å². The molecule has 0 bridgehead atoms. The van der Waals surface area contributed by atoms with E-state index in [4.69, 9.17) is 4.74 Å². The van der Waals surface area contributed by atoms with E-state index in [-0.39, 0.29) is 11.6 Å². The van der Waals surface area contributed by atoms with Gasteiger partial charge in [0.15, 0.2) is 6.10 Å². The molecule has 2 atom stereocenters. The molecule has 1 aliphatic rings. The monoisotopic (exact) mass is 357 g/mol. The van der Waals surface area contributed by atoms with E-state index in [0.717, 1.165) is 18.6 Å². The number of halogens is 3. The Bertz CT molecular complexity index is 640. The lowest BCUT2D eigenvalue weighted by Crippen LogP contribution is -2.32. The van der Waals surface area contributed by atoms with Gasteiger partial charge in [-0.25, -0.2) is 0 Å². The second-order valence-electron chi connectivity index (χ2n) is 5.62. The summed E-state index contributed by atoms with van der Waals surface area (Å²) in [5.41, 5.74) is 0.267. The highest BCUT2D eigenvalue weighted by Gasteiger charge is 2.31. The molecule has 0 spiro atoms. The Balaban J connectivity index is 1.86. The number of ether oxygens (including phenoxy) is 2. The normalized spacial score (nSPS) is 18.3. The summed E-state index contributed by atoms with van der Waals surface area (Å²) in [5, 5.41) is 2.47. The van der Waals surface area contributed by atoms with Gasteiger partial charge in [0.2, 0.25) is 0 Å². The molecule has 0 aromatic heterocycles. The van der Waals surface area contributed by atoms with Crippen molar-refractivity contribution in [1.82, 2.24) is 0 Å². The van der Waals surface area contributed by atoms with E-state index in [2.05, 4.69) is 10.1 Å². The third-order valence-electron chi connectivity index (χ3n) is 3.62. The number of hydrogen-bond acceptors (Lipinski definition) is 4. The highest BCUT2D eigenvalue weighted by Crippen LogP contribution is 2.24. The molecular formula is C17H18F3NO4. The van der Waals surface area contributed by atoms with Gasteiger partial charge in [0.1, 0.15) is 5.75 Å². The molecule has 1 aromatic rings. The minimum atomic E-state index is -4.78. The number of rotatable bonds is 5. The zero-order valence-electron chi connectivity index (χ0n) is 13.5. The molecule has 0 saturated carbocycles. The molecule has 0 unspecified atom stereocenters. The number of alkyl halides is 3. The van der Waals surface area contributed by atoms with Crippen LogP contribution < -0.4 is 10.1 Å². The lowest BCUT2D eigenvalue weighted by Gasteiger charge is -2.19.